The standard InChI is InChI=1S/C32H56O9/c1-16(2)23(40-29-27(38)26(37)24(15-33)41-29)7-6-17(3)19-13-21(35)28-31(19,5)11-9-25-30(4)10-8-18(34)12-20(30)22(36)14-32(25,28)39/h16-29,33-39H,6-15H2,1-5H3/t17-,18+,19-,20+,21+,22-,23?,24+,25+,26-,27-,28+,29-,30-,31-,32?/m1/s1. The highest BCUT2D eigenvalue weighted by Crippen LogP contribution is 2.69. The lowest BCUT2D eigenvalue weighted by Gasteiger charge is -2.66. The maximum Gasteiger partial charge on any atom is 0.186 e. The summed E-state index contributed by atoms with van der Waals surface area (Å²) in [4.78, 5) is 0. The Morgan fingerprint density at radius 1 is 0.878 bits per heavy atom. The van der Waals surface area contributed by atoms with Crippen molar-refractivity contribution in [1.29, 1.82) is 0 Å². The fourth-order valence-electron chi connectivity index (χ4n) is 10.7. The molecule has 4 aliphatic carbocycles. The van der Waals surface area contributed by atoms with E-state index in [0.29, 0.717) is 25.7 Å². The van der Waals surface area contributed by atoms with Crippen molar-refractivity contribution in [3.8, 4) is 0 Å². The second kappa shape index (κ2) is 11.5. The molecular weight excluding hydrogens is 528 g/mol. The Hall–Kier alpha value is -0.360. The van der Waals surface area contributed by atoms with Gasteiger partial charge in [0.25, 0.3) is 0 Å². The fourth-order valence-corrected chi connectivity index (χ4v) is 10.7. The molecule has 0 bridgehead atoms. The van der Waals surface area contributed by atoms with Gasteiger partial charge < -0.3 is 45.2 Å². The van der Waals surface area contributed by atoms with Gasteiger partial charge in [0.05, 0.1) is 36.6 Å². The molecular formula is C32H56O9. The Kier molecular flexibility index (Phi) is 9.01. The Balaban J connectivity index is 1.29. The van der Waals surface area contributed by atoms with Crippen molar-refractivity contribution < 1.29 is 45.2 Å². The molecule has 0 aromatic rings. The lowest BCUT2D eigenvalue weighted by molar-refractivity contribution is -0.263. The molecule has 41 heavy (non-hydrogen) atoms. The van der Waals surface area contributed by atoms with Crippen molar-refractivity contribution in [3.05, 3.63) is 0 Å². The largest absolute Gasteiger partial charge is 0.394 e. The summed E-state index contributed by atoms with van der Waals surface area (Å²) in [6.45, 7) is 10.4. The van der Waals surface area contributed by atoms with E-state index in [1.54, 1.807) is 0 Å². The molecule has 9 heteroatoms. The van der Waals surface area contributed by atoms with Crippen LogP contribution in [0.15, 0.2) is 0 Å². The molecule has 2 unspecified atom stereocenters. The van der Waals surface area contributed by atoms with Gasteiger partial charge in [-0.15, -0.1) is 0 Å². The molecule has 238 valence electrons. The molecule has 0 aromatic carbocycles. The first kappa shape index (κ1) is 32.0. The number of rotatable bonds is 8. The number of ether oxygens (including phenoxy) is 2. The van der Waals surface area contributed by atoms with E-state index in [4.69, 9.17) is 9.47 Å². The molecule has 5 rings (SSSR count). The minimum absolute atomic E-state index is 0.00709. The lowest BCUT2D eigenvalue weighted by Crippen LogP contribution is -2.68. The van der Waals surface area contributed by atoms with Crippen LogP contribution in [-0.4, -0.2) is 97.0 Å². The topological polar surface area (TPSA) is 160 Å². The summed E-state index contributed by atoms with van der Waals surface area (Å²) in [5.41, 5.74) is -1.66. The Bertz CT molecular complexity index is 918. The van der Waals surface area contributed by atoms with E-state index in [1.807, 2.05) is 0 Å². The quantitative estimate of drug-likeness (QED) is 0.226. The second-order valence-electron chi connectivity index (χ2n) is 15.5. The molecule has 0 spiro atoms. The molecule has 1 heterocycles. The lowest BCUT2D eigenvalue weighted by atomic mass is 9.42. The molecule has 1 aliphatic heterocycles. The van der Waals surface area contributed by atoms with Gasteiger partial charge in [-0.3, -0.25) is 0 Å². The van der Waals surface area contributed by atoms with Crippen molar-refractivity contribution in [1.82, 2.24) is 0 Å². The van der Waals surface area contributed by atoms with Crippen LogP contribution < -0.4 is 0 Å². The van der Waals surface area contributed by atoms with Crippen LogP contribution in [0.4, 0.5) is 0 Å². The fraction of sp³-hybridized carbons (Fsp3) is 1.00. The highest BCUT2D eigenvalue weighted by Gasteiger charge is 2.70. The van der Waals surface area contributed by atoms with Crippen molar-refractivity contribution in [2.45, 2.75) is 147 Å². The third-order valence-corrected chi connectivity index (χ3v) is 12.9. The monoisotopic (exact) mass is 584 g/mol. The van der Waals surface area contributed by atoms with Crippen molar-refractivity contribution in [2.75, 3.05) is 6.61 Å². The summed E-state index contributed by atoms with van der Waals surface area (Å²) in [7, 11) is 0. The van der Waals surface area contributed by atoms with E-state index in [2.05, 4.69) is 34.6 Å². The summed E-state index contributed by atoms with van der Waals surface area (Å²) < 4.78 is 11.7. The van der Waals surface area contributed by atoms with Crippen LogP contribution >= 0.6 is 0 Å². The summed E-state index contributed by atoms with van der Waals surface area (Å²) >= 11 is 0. The predicted octanol–water partition coefficient (Wildman–Crippen LogP) is 1.96. The molecule has 5 aliphatic rings. The van der Waals surface area contributed by atoms with Gasteiger partial charge >= 0.3 is 0 Å². The zero-order chi connectivity index (χ0) is 30.1. The van der Waals surface area contributed by atoms with Gasteiger partial charge in [0.15, 0.2) is 6.29 Å². The minimum atomic E-state index is -1.22. The van der Waals surface area contributed by atoms with E-state index in [-0.39, 0.29) is 58.9 Å². The van der Waals surface area contributed by atoms with Gasteiger partial charge in [-0.05, 0) is 91.8 Å². The maximum atomic E-state index is 12.5. The smallest absolute Gasteiger partial charge is 0.186 e. The van der Waals surface area contributed by atoms with Crippen molar-refractivity contribution in [3.63, 3.8) is 0 Å². The molecule has 0 amide bonds. The Morgan fingerprint density at radius 3 is 2.20 bits per heavy atom. The second-order valence-corrected chi connectivity index (χ2v) is 15.5. The number of fused-ring (bicyclic) bond motifs is 5. The zero-order valence-electron chi connectivity index (χ0n) is 25.6. The van der Waals surface area contributed by atoms with Gasteiger partial charge in [-0.25, -0.2) is 0 Å². The minimum Gasteiger partial charge on any atom is -0.394 e. The Labute approximate surface area is 245 Å². The molecule has 4 saturated carbocycles. The highest BCUT2D eigenvalue weighted by atomic mass is 16.7. The summed E-state index contributed by atoms with van der Waals surface area (Å²) in [5.74, 6) is 0.243. The van der Waals surface area contributed by atoms with Crippen LogP contribution in [-0.2, 0) is 9.47 Å². The third kappa shape index (κ3) is 5.23. The van der Waals surface area contributed by atoms with Gasteiger partial charge in [-0.1, -0.05) is 34.6 Å². The van der Waals surface area contributed by atoms with E-state index in [1.165, 1.54) is 0 Å². The van der Waals surface area contributed by atoms with Crippen LogP contribution in [0.1, 0.15) is 92.4 Å². The number of hydrogen-bond acceptors (Lipinski definition) is 9. The van der Waals surface area contributed by atoms with Crippen LogP contribution in [0.25, 0.3) is 0 Å². The molecule has 1 saturated heterocycles. The number of aliphatic hydroxyl groups is 7. The van der Waals surface area contributed by atoms with Crippen LogP contribution in [0.2, 0.25) is 0 Å². The highest BCUT2D eigenvalue weighted by molar-refractivity contribution is 5.20. The predicted molar refractivity (Wildman–Crippen MR) is 151 cm³/mol. The molecule has 9 nitrogen and oxygen atoms in total. The molecule has 5 fully saturated rings. The average Bonchev–Trinajstić information content (AvgIpc) is 3.34. The van der Waals surface area contributed by atoms with E-state index >= 15 is 0 Å². The first-order valence-electron chi connectivity index (χ1n) is 16.2. The summed E-state index contributed by atoms with van der Waals surface area (Å²) in [6, 6.07) is 0. The third-order valence-electron chi connectivity index (χ3n) is 12.9. The molecule has 7 N–H and O–H groups in total. The summed E-state index contributed by atoms with van der Waals surface area (Å²) in [6.07, 6.45) is 0.0535. The molecule has 16 atom stereocenters. The molecule has 0 radical (unpaired) electrons. The van der Waals surface area contributed by atoms with Crippen molar-refractivity contribution >= 4 is 0 Å². The number of hydrogen-bond donors (Lipinski definition) is 7. The van der Waals surface area contributed by atoms with Crippen molar-refractivity contribution in [2.24, 2.45) is 46.3 Å². The van der Waals surface area contributed by atoms with Gasteiger partial charge in [0, 0.05) is 12.3 Å². The Morgan fingerprint density at radius 2 is 1.56 bits per heavy atom. The van der Waals surface area contributed by atoms with Crippen LogP contribution in [0.5, 0.6) is 0 Å². The van der Waals surface area contributed by atoms with E-state index < -0.39 is 55.1 Å². The SMILES string of the molecule is CC(C)C(CC[C@@H](C)[C@H]1C[C@H](O)[C@@H]2C3(O)C[C@@H](O)[C@@H]4C[C@@H](O)CC[C@@]4(C)[C@@H]3CC[C@]12C)O[C@@H]1O[C@@H](CO)[C@@H](O)[C@H]1O. The zero-order valence-corrected chi connectivity index (χ0v) is 25.6. The average molecular weight is 585 g/mol. The molecule has 0 aromatic heterocycles. The van der Waals surface area contributed by atoms with Gasteiger partial charge in [0.2, 0.25) is 0 Å². The van der Waals surface area contributed by atoms with E-state index in [0.717, 1.165) is 25.7 Å². The van der Waals surface area contributed by atoms with Crippen LogP contribution in [0.3, 0.4) is 0 Å². The first-order chi connectivity index (χ1) is 19.2. The normalized spacial score (nSPS) is 53.0. The van der Waals surface area contributed by atoms with Crippen LogP contribution in [0, 0.1) is 46.3 Å². The van der Waals surface area contributed by atoms with E-state index in [9.17, 15) is 35.7 Å². The van der Waals surface area contributed by atoms with Gasteiger partial charge in [-0.2, -0.15) is 0 Å². The summed E-state index contributed by atoms with van der Waals surface area (Å²) in [5, 5.41) is 75.7. The maximum absolute atomic E-state index is 12.5. The number of aliphatic hydroxyl groups excluding tert-OH is 6. The first-order valence-corrected chi connectivity index (χ1v) is 16.2. The van der Waals surface area contributed by atoms with Gasteiger partial charge in [0.1, 0.15) is 18.3 Å².